The molecule has 1 heterocycles. The summed E-state index contributed by atoms with van der Waals surface area (Å²) in [5.41, 5.74) is 2.73. The molecule has 4 nitrogen and oxygen atoms in total. The molecular formula is C18H25N3OS2. The van der Waals surface area contributed by atoms with Gasteiger partial charge in [0, 0.05) is 12.6 Å². The van der Waals surface area contributed by atoms with Gasteiger partial charge in [-0.25, -0.2) is 4.68 Å². The number of aryl methyl sites for hydroxylation is 1. The molecule has 3 rings (SSSR count). The standard InChI is InChI=1S/C18H25N3OS2/c1-4-14-5-7-15(8-6-14)11-20(16-9-10-16)12-21-18(23)24-17(19-21)22-13(2)3/h5-8,13,16H,4,9-12H2,1-3H3. The van der Waals surface area contributed by atoms with Gasteiger partial charge in [0.05, 0.1) is 12.8 Å². The van der Waals surface area contributed by atoms with Crippen LogP contribution in [-0.4, -0.2) is 26.8 Å². The number of ether oxygens (including phenoxy) is 1. The van der Waals surface area contributed by atoms with Crippen molar-refractivity contribution in [3.05, 3.63) is 39.3 Å². The van der Waals surface area contributed by atoms with E-state index in [4.69, 9.17) is 17.0 Å². The van der Waals surface area contributed by atoms with E-state index < -0.39 is 0 Å². The van der Waals surface area contributed by atoms with Gasteiger partial charge in [-0.2, -0.15) is 0 Å². The van der Waals surface area contributed by atoms with Gasteiger partial charge in [0.1, 0.15) is 0 Å². The molecule has 0 unspecified atom stereocenters. The first-order valence-electron chi connectivity index (χ1n) is 8.61. The highest BCUT2D eigenvalue weighted by Crippen LogP contribution is 2.29. The Kier molecular flexibility index (Phi) is 5.69. The van der Waals surface area contributed by atoms with Crippen LogP contribution >= 0.6 is 23.6 Å². The Morgan fingerprint density at radius 2 is 1.96 bits per heavy atom. The summed E-state index contributed by atoms with van der Waals surface area (Å²) in [5.74, 6) is 0. The number of hydrogen-bond acceptors (Lipinski definition) is 5. The molecule has 0 aliphatic heterocycles. The molecule has 0 amide bonds. The Bertz CT molecular complexity index is 717. The normalized spacial score (nSPS) is 14.5. The Labute approximate surface area is 153 Å². The third-order valence-corrected chi connectivity index (χ3v) is 5.32. The lowest BCUT2D eigenvalue weighted by Gasteiger charge is -2.22. The third kappa shape index (κ3) is 4.65. The van der Waals surface area contributed by atoms with Gasteiger partial charge >= 0.3 is 0 Å². The lowest BCUT2D eigenvalue weighted by atomic mass is 10.1. The van der Waals surface area contributed by atoms with Crippen LogP contribution in [0.3, 0.4) is 0 Å². The van der Waals surface area contributed by atoms with E-state index in [-0.39, 0.29) is 6.10 Å². The average Bonchev–Trinajstić information content (AvgIpc) is 3.33. The number of aromatic nitrogens is 2. The number of hydrogen-bond donors (Lipinski definition) is 0. The van der Waals surface area contributed by atoms with Crippen LogP contribution in [0.25, 0.3) is 0 Å². The fourth-order valence-corrected chi connectivity index (χ4v) is 3.69. The molecule has 0 radical (unpaired) electrons. The van der Waals surface area contributed by atoms with Crippen molar-refractivity contribution in [1.82, 2.24) is 14.7 Å². The molecule has 0 saturated heterocycles. The predicted octanol–water partition coefficient (Wildman–Crippen LogP) is 4.65. The number of benzene rings is 1. The molecule has 1 aliphatic carbocycles. The van der Waals surface area contributed by atoms with Crippen LogP contribution < -0.4 is 4.74 Å². The summed E-state index contributed by atoms with van der Waals surface area (Å²) >= 11 is 6.91. The van der Waals surface area contributed by atoms with Crippen LogP contribution in [0.1, 0.15) is 44.7 Å². The smallest absolute Gasteiger partial charge is 0.293 e. The zero-order chi connectivity index (χ0) is 17.1. The minimum Gasteiger partial charge on any atom is -0.466 e. The minimum absolute atomic E-state index is 0.121. The molecule has 2 aromatic rings. The second-order valence-corrected chi connectivity index (χ2v) is 8.17. The first-order valence-corrected chi connectivity index (χ1v) is 9.84. The maximum Gasteiger partial charge on any atom is 0.293 e. The molecule has 24 heavy (non-hydrogen) atoms. The highest BCUT2D eigenvalue weighted by atomic mass is 32.1. The first kappa shape index (κ1) is 17.6. The minimum atomic E-state index is 0.121. The Balaban J connectivity index is 1.70. The van der Waals surface area contributed by atoms with E-state index in [0.717, 1.165) is 23.6 Å². The third-order valence-electron chi connectivity index (χ3n) is 4.12. The van der Waals surface area contributed by atoms with E-state index in [9.17, 15) is 0 Å². The van der Waals surface area contributed by atoms with Crippen molar-refractivity contribution in [2.24, 2.45) is 0 Å². The molecule has 1 aromatic carbocycles. The van der Waals surface area contributed by atoms with E-state index in [0.29, 0.717) is 11.2 Å². The lowest BCUT2D eigenvalue weighted by Crippen LogP contribution is -2.28. The van der Waals surface area contributed by atoms with E-state index >= 15 is 0 Å². The summed E-state index contributed by atoms with van der Waals surface area (Å²) in [6.45, 7) is 7.87. The molecule has 1 fully saturated rings. The monoisotopic (exact) mass is 363 g/mol. The van der Waals surface area contributed by atoms with Gasteiger partial charge in [0.15, 0.2) is 3.95 Å². The second kappa shape index (κ2) is 7.76. The summed E-state index contributed by atoms with van der Waals surface area (Å²) in [6, 6.07) is 9.57. The molecule has 0 spiro atoms. The summed E-state index contributed by atoms with van der Waals surface area (Å²) in [4.78, 5) is 2.47. The predicted molar refractivity (Wildman–Crippen MR) is 101 cm³/mol. The van der Waals surface area contributed by atoms with Crippen molar-refractivity contribution >= 4 is 23.6 Å². The molecule has 1 saturated carbocycles. The second-order valence-electron chi connectivity index (χ2n) is 6.59. The van der Waals surface area contributed by atoms with E-state index in [1.807, 2.05) is 18.5 Å². The lowest BCUT2D eigenvalue weighted by molar-refractivity contribution is 0.180. The van der Waals surface area contributed by atoms with Crippen molar-refractivity contribution in [1.29, 1.82) is 0 Å². The van der Waals surface area contributed by atoms with Gasteiger partial charge in [-0.15, -0.1) is 5.10 Å². The SMILES string of the molecule is CCc1ccc(CN(Cn2nc(OC(C)C)sc2=S)C2CC2)cc1. The highest BCUT2D eigenvalue weighted by molar-refractivity contribution is 7.73. The molecule has 0 atom stereocenters. The van der Waals surface area contributed by atoms with Crippen LogP contribution in [0.15, 0.2) is 24.3 Å². The molecule has 6 heteroatoms. The van der Waals surface area contributed by atoms with Crippen molar-refractivity contribution in [2.75, 3.05) is 0 Å². The van der Waals surface area contributed by atoms with E-state index in [1.54, 1.807) is 0 Å². The zero-order valence-electron chi connectivity index (χ0n) is 14.6. The van der Waals surface area contributed by atoms with Gasteiger partial charge in [0.25, 0.3) is 5.19 Å². The van der Waals surface area contributed by atoms with Gasteiger partial charge in [-0.3, -0.25) is 4.90 Å². The molecular weight excluding hydrogens is 338 g/mol. The van der Waals surface area contributed by atoms with E-state index in [1.165, 1.54) is 35.3 Å². The Morgan fingerprint density at radius 1 is 1.29 bits per heavy atom. The first-order chi connectivity index (χ1) is 11.5. The van der Waals surface area contributed by atoms with Crippen molar-refractivity contribution in [2.45, 2.75) is 65.4 Å². The molecule has 0 N–H and O–H groups in total. The number of nitrogens with zero attached hydrogens (tertiary/aromatic N) is 3. The maximum atomic E-state index is 5.68. The van der Waals surface area contributed by atoms with Gasteiger partial charge < -0.3 is 4.74 Å². The van der Waals surface area contributed by atoms with Crippen LogP contribution in [0.2, 0.25) is 0 Å². The van der Waals surface area contributed by atoms with E-state index in [2.05, 4.69) is 41.2 Å². The highest BCUT2D eigenvalue weighted by Gasteiger charge is 2.29. The summed E-state index contributed by atoms with van der Waals surface area (Å²) in [5, 5.41) is 5.20. The van der Waals surface area contributed by atoms with Crippen LogP contribution in [0.5, 0.6) is 5.19 Å². The molecule has 130 valence electrons. The van der Waals surface area contributed by atoms with Gasteiger partial charge in [-0.1, -0.05) is 31.2 Å². The fraction of sp³-hybridized carbons (Fsp3) is 0.556. The fourth-order valence-electron chi connectivity index (χ4n) is 2.65. The van der Waals surface area contributed by atoms with Crippen LogP contribution in [0, 0.1) is 3.95 Å². The number of rotatable bonds is 8. The van der Waals surface area contributed by atoms with Crippen molar-refractivity contribution < 1.29 is 4.74 Å². The quantitative estimate of drug-likeness (QED) is 0.639. The maximum absolute atomic E-state index is 5.68. The zero-order valence-corrected chi connectivity index (χ0v) is 16.2. The van der Waals surface area contributed by atoms with Crippen molar-refractivity contribution in [3.8, 4) is 5.19 Å². The van der Waals surface area contributed by atoms with Gasteiger partial charge in [0.2, 0.25) is 0 Å². The molecule has 1 aromatic heterocycles. The summed E-state index contributed by atoms with van der Waals surface area (Å²) in [7, 11) is 0. The average molecular weight is 364 g/mol. The van der Waals surface area contributed by atoms with Gasteiger partial charge in [-0.05, 0) is 67.8 Å². The Morgan fingerprint density at radius 3 is 2.54 bits per heavy atom. The topological polar surface area (TPSA) is 30.3 Å². The molecule has 0 bridgehead atoms. The van der Waals surface area contributed by atoms with Crippen LogP contribution in [0.4, 0.5) is 0 Å². The Hall–Kier alpha value is -1.24. The molecule has 1 aliphatic rings. The largest absolute Gasteiger partial charge is 0.466 e. The van der Waals surface area contributed by atoms with Crippen molar-refractivity contribution in [3.63, 3.8) is 0 Å². The van der Waals surface area contributed by atoms with Crippen LogP contribution in [-0.2, 0) is 19.6 Å². The summed E-state index contributed by atoms with van der Waals surface area (Å²) in [6.07, 6.45) is 3.73. The summed E-state index contributed by atoms with van der Waals surface area (Å²) < 4.78 is 8.35.